The molecule has 0 fully saturated rings. The number of benzene rings is 2. The largest absolute Gasteiger partial charge is 0.302 e. The quantitative estimate of drug-likeness (QED) is 0.593. The normalized spacial score (nSPS) is 11.2. The molecule has 2 heterocycles. The average molecular weight is 378 g/mol. The van der Waals surface area contributed by atoms with Gasteiger partial charge in [0.2, 0.25) is 5.91 Å². The van der Waals surface area contributed by atoms with Crippen LogP contribution < -0.4 is 10.9 Å². The van der Waals surface area contributed by atoms with Gasteiger partial charge in [0, 0.05) is 12.4 Å². The fourth-order valence-corrected chi connectivity index (χ4v) is 4.16. The zero-order chi connectivity index (χ0) is 19.1. The van der Waals surface area contributed by atoms with Crippen LogP contribution in [0.2, 0.25) is 0 Å². The molecule has 0 aliphatic rings. The van der Waals surface area contributed by atoms with Crippen LogP contribution in [0, 0.1) is 13.8 Å². The van der Waals surface area contributed by atoms with Gasteiger partial charge in [-0.2, -0.15) is 5.10 Å². The molecule has 0 bridgehead atoms. The van der Waals surface area contributed by atoms with Crippen molar-refractivity contribution in [2.24, 2.45) is 7.05 Å². The number of nitrogens with zero attached hydrogens (tertiary/aromatic N) is 3. The molecule has 7 heteroatoms. The molecule has 0 saturated carbocycles. The molecular weight excluding hydrogens is 360 g/mol. The Kier molecular flexibility index (Phi) is 4.24. The van der Waals surface area contributed by atoms with Crippen LogP contribution >= 0.6 is 11.3 Å². The van der Waals surface area contributed by atoms with Crippen molar-refractivity contribution in [1.29, 1.82) is 0 Å². The lowest BCUT2D eigenvalue weighted by molar-refractivity contribution is -0.115. The number of hydrogen-bond donors (Lipinski definition) is 1. The van der Waals surface area contributed by atoms with Crippen molar-refractivity contribution in [2.75, 3.05) is 5.32 Å². The zero-order valence-corrected chi connectivity index (χ0v) is 16.1. The predicted octanol–water partition coefficient (Wildman–Crippen LogP) is 3.34. The summed E-state index contributed by atoms with van der Waals surface area (Å²) in [5.74, 6) is -0.208. The van der Waals surface area contributed by atoms with Crippen LogP contribution in [-0.2, 0) is 18.3 Å². The molecule has 6 nitrogen and oxygen atoms in total. The van der Waals surface area contributed by atoms with Gasteiger partial charge in [-0.25, -0.2) is 9.67 Å². The lowest BCUT2D eigenvalue weighted by Crippen LogP contribution is -2.24. The molecule has 2 aromatic heterocycles. The number of fused-ring (bicyclic) bond motifs is 2. The number of hydrogen-bond acceptors (Lipinski definition) is 5. The number of rotatable bonds is 3. The fourth-order valence-electron chi connectivity index (χ4n) is 3.13. The highest BCUT2D eigenvalue weighted by atomic mass is 32.1. The van der Waals surface area contributed by atoms with Crippen molar-refractivity contribution in [1.82, 2.24) is 14.8 Å². The second-order valence-corrected chi connectivity index (χ2v) is 7.54. The van der Waals surface area contributed by atoms with Gasteiger partial charge in [-0.1, -0.05) is 41.7 Å². The number of aromatic nitrogens is 3. The van der Waals surface area contributed by atoms with E-state index in [1.807, 2.05) is 32.0 Å². The van der Waals surface area contributed by atoms with Gasteiger partial charge in [0.1, 0.15) is 0 Å². The van der Waals surface area contributed by atoms with Crippen LogP contribution in [0.3, 0.4) is 0 Å². The minimum absolute atomic E-state index is 0.0719. The highest BCUT2D eigenvalue weighted by molar-refractivity contribution is 7.22. The first kappa shape index (κ1) is 17.4. The van der Waals surface area contributed by atoms with Gasteiger partial charge in [0.05, 0.1) is 27.7 Å². The maximum absolute atomic E-state index is 12.6. The minimum atomic E-state index is -0.208. The van der Waals surface area contributed by atoms with Crippen molar-refractivity contribution in [3.63, 3.8) is 0 Å². The Morgan fingerprint density at radius 2 is 1.81 bits per heavy atom. The fraction of sp³-hybridized carbons (Fsp3) is 0.200. The second kappa shape index (κ2) is 6.59. The van der Waals surface area contributed by atoms with E-state index in [0.29, 0.717) is 21.6 Å². The van der Waals surface area contributed by atoms with Crippen LogP contribution in [0.4, 0.5) is 5.13 Å². The SMILES string of the molecule is Cc1ccc(C)c2sc(NC(=O)Cc3nn(C)c(=O)c4ccccc34)nc12. The molecule has 0 radical (unpaired) electrons. The van der Waals surface area contributed by atoms with Gasteiger partial charge in [-0.15, -0.1) is 0 Å². The van der Waals surface area contributed by atoms with Crippen molar-refractivity contribution in [3.8, 4) is 0 Å². The third-order valence-electron chi connectivity index (χ3n) is 4.55. The maximum atomic E-state index is 12.6. The lowest BCUT2D eigenvalue weighted by atomic mass is 10.1. The summed E-state index contributed by atoms with van der Waals surface area (Å²) in [4.78, 5) is 29.4. The molecule has 0 saturated heterocycles. The van der Waals surface area contributed by atoms with Gasteiger partial charge >= 0.3 is 0 Å². The molecule has 1 N–H and O–H groups in total. The van der Waals surface area contributed by atoms with E-state index in [9.17, 15) is 9.59 Å². The van der Waals surface area contributed by atoms with Crippen molar-refractivity contribution in [3.05, 3.63) is 63.6 Å². The number of thiazole rings is 1. The Labute approximate surface area is 159 Å². The van der Waals surface area contributed by atoms with Crippen molar-refractivity contribution in [2.45, 2.75) is 20.3 Å². The molecule has 0 spiro atoms. The van der Waals surface area contributed by atoms with E-state index in [-0.39, 0.29) is 17.9 Å². The summed E-state index contributed by atoms with van der Waals surface area (Å²) in [5, 5.41) is 8.98. The maximum Gasteiger partial charge on any atom is 0.274 e. The molecule has 4 aromatic rings. The van der Waals surface area contributed by atoms with Crippen LogP contribution in [0.15, 0.2) is 41.2 Å². The summed E-state index contributed by atoms with van der Waals surface area (Å²) in [6, 6.07) is 11.3. The Morgan fingerprint density at radius 1 is 1.11 bits per heavy atom. The summed E-state index contributed by atoms with van der Waals surface area (Å²) in [5.41, 5.74) is 3.53. The summed E-state index contributed by atoms with van der Waals surface area (Å²) >= 11 is 1.47. The lowest BCUT2D eigenvalue weighted by Gasteiger charge is -2.07. The number of amides is 1. The molecule has 2 aromatic carbocycles. The molecule has 136 valence electrons. The van der Waals surface area contributed by atoms with Gasteiger partial charge in [0.15, 0.2) is 5.13 Å². The number of aryl methyl sites for hydroxylation is 3. The van der Waals surface area contributed by atoms with Crippen molar-refractivity contribution >= 4 is 43.4 Å². The molecule has 0 aliphatic heterocycles. The molecule has 0 atom stereocenters. The molecule has 0 aliphatic carbocycles. The summed E-state index contributed by atoms with van der Waals surface area (Å²) in [7, 11) is 1.59. The van der Waals surface area contributed by atoms with Gasteiger partial charge < -0.3 is 5.32 Å². The molecule has 27 heavy (non-hydrogen) atoms. The van der Waals surface area contributed by atoms with E-state index in [0.717, 1.165) is 21.3 Å². The van der Waals surface area contributed by atoms with Gasteiger partial charge in [0.25, 0.3) is 5.56 Å². The monoisotopic (exact) mass is 378 g/mol. The van der Waals surface area contributed by atoms with Gasteiger partial charge in [-0.05, 0) is 31.0 Å². The Hall–Kier alpha value is -3.06. The highest BCUT2D eigenvalue weighted by Gasteiger charge is 2.15. The Bertz CT molecular complexity index is 1220. The minimum Gasteiger partial charge on any atom is -0.302 e. The smallest absolute Gasteiger partial charge is 0.274 e. The van der Waals surface area contributed by atoms with Crippen molar-refractivity contribution < 1.29 is 4.79 Å². The Balaban J connectivity index is 1.65. The second-order valence-electron chi connectivity index (χ2n) is 6.54. The molecule has 4 rings (SSSR count). The summed E-state index contributed by atoms with van der Waals surface area (Å²) in [6.45, 7) is 4.04. The average Bonchev–Trinajstić information content (AvgIpc) is 3.07. The molecule has 1 amide bonds. The molecular formula is C20H18N4O2S. The van der Waals surface area contributed by atoms with E-state index >= 15 is 0 Å². The van der Waals surface area contributed by atoms with Crippen LogP contribution in [-0.4, -0.2) is 20.7 Å². The van der Waals surface area contributed by atoms with E-state index < -0.39 is 0 Å². The first-order chi connectivity index (χ1) is 12.9. The van der Waals surface area contributed by atoms with E-state index in [1.165, 1.54) is 16.0 Å². The van der Waals surface area contributed by atoms with Crippen LogP contribution in [0.25, 0.3) is 21.0 Å². The first-order valence-corrected chi connectivity index (χ1v) is 9.37. The summed E-state index contributed by atoms with van der Waals surface area (Å²) in [6.07, 6.45) is 0.0719. The molecule has 0 unspecified atom stereocenters. The predicted molar refractivity (Wildman–Crippen MR) is 108 cm³/mol. The van der Waals surface area contributed by atoms with Crippen LogP contribution in [0.5, 0.6) is 0 Å². The first-order valence-electron chi connectivity index (χ1n) is 8.55. The third-order valence-corrected chi connectivity index (χ3v) is 5.66. The number of carbonyl (C=O) groups is 1. The van der Waals surface area contributed by atoms with Gasteiger partial charge in [-0.3, -0.25) is 9.59 Å². The van der Waals surface area contributed by atoms with Crippen LogP contribution in [0.1, 0.15) is 16.8 Å². The highest BCUT2D eigenvalue weighted by Crippen LogP contribution is 2.30. The number of anilines is 1. The van der Waals surface area contributed by atoms with E-state index in [2.05, 4.69) is 21.5 Å². The number of nitrogens with one attached hydrogen (secondary N) is 1. The standard InChI is InChI=1S/C20H18N4O2S/c1-11-8-9-12(2)18-17(11)22-20(27-18)21-16(25)10-15-13-6-4-5-7-14(13)19(26)24(3)23-15/h4-9H,10H2,1-3H3,(H,21,22,25). The van der Waals surface area contributed by atoms with E-state index in [1.54, 1.807) is 19.2 Å². The summed E-state index contributed by atoms with van der Waals surface area (Å²) < 4.78 is 2.35. The topological polar surface area (TPSA) is 76.9 Å². The van der Waals surface area contributed by atoms with E-state index in [4.69, 9.17) is 0 Å². The Morgan fingerprint density at radius 3 is 2.56 bits per heavy atom. The third kappa shape index (κ3) is 3.10. The number of carbonyl (C=O) groups excluding carboxylic acids is 1. The zero-order valence-electron chi connectivity index (χ0n) is 15.2.